The second-order valence-corrected chi connectivity index (χ2v) is 6.70. The summed E-state index contributed by atoms with van der Waals surface area (Å²) in [6.45, 7) is 4.33. The number of hydrogen-bond acceptors (Lipinski definition) is 0. The Hall–Kier alpha value is -1.73. The first kappa shape index (κ1) is 16.1. The molecular formula is C21H24ClN. The number of halogens is 1. The van der Waals surface area contributed by atoms with E-state index in [1.54, 1.807) is 0 Å². The van der Waals surface area contributed by atoms with Gasteiger partial charge in [-0.15, -0.1) is 0 Å². The summed E-state index contributed by atoms with van der Waals surface area (Å²) < 4.78 is 2.34. The Labute approximate surface area is 143 Å². The number of unbranched alkanes of at least 4 members (excludes halogenated alkanes) is 3. The molecule has 3 rings (SSSR count). The number of benzene rings is 2. The monoisotopic (exact) mass is 325 g/mol. The van der Waals surface area contributed by atoms with E-state index in [0.717, 1.165) is 17.1 Å². The third-order valence-electron chi connectivity index (χ3n) is 4.42. The van der Waals surface area contributed by atoms with E-state index in [-0.39, 0.29) is 0 Å². The van der Waals surface area contributed by atoms with E-state index in [9.17, 15) is 0 Å². The third kappa shape index (κ3) is 3.45. The fourth-order valence-corrected chi connectivity index (χ4v) is 3.53. The fraction of sp³-hybridized carbons (Fsp3) is 0.333. The molecule has 0 atom stereocenters. The Bertz CT molecular complexity index is 801. The predicted octanol–water partition coefficient (Wildman–Crippen LogP) is 6.72. The highest BCUT2D eigenvalue weighted by Gasteiger charge is 2.12. The maximum Gasteiger partial charge on any atom is 0.0649 e. The maximum absolute atomic E-state index is 6.56. The molecule has 0 aliphatic heterocycles. The van der Waals surface area contributed by atoms with Gasteiger partial charge >= 0.3 is 0 Å². The van der Waals surface area contributed by atoms with Crippen LogP contribution in [0.25, 0.3) is 16.6 Å². The lowest BCUT2D eigenvalue weighted by molar-refractivity contribution is 0.657. The Morgan fingerprint density at radius 2 is 1.78 bits per heavy atom. The Balaban J connectivity index is 2.05. The van der Waals surface area contributed by atoms with Gasteiger partial charge in [-0.1, -0.05) is 62.1 Å². The highest BCUT2D eigenvalue weighted by molar-refractivity contribution is 6.32. The molecule has 0 saturated carbocycles. The summed E-state index contributed by atoms with van der Waals surface area (Å²) >= 11 is 6.56. The van der Waals surface area contributed by atoms with Crippen LogP contribution in [0, 0.1) is 6.92 Å². The highest BCUT2D eigenvalue weighted by Crippen LogP contribution is 2.30. The Morgan fingerprint density at radius 3 is 2.57 bits per heavy atom. The van der Waals surface area contributed by atoms with Crippen LogP contribution >= 0.6 is 11.6 Å². The van der Waals surface area contributed by atoms with Crippen LogP contribution < -0.4 is 0 Å². The highest BCUT2D eigenvalue weighted by atomic mass is 35.5. The van der Waals surface area contributed by atoms with Crippen molar-refractivity contribution in [1.29, 1.82) is 0 Å². The van der Waals surface area contributed by atoms with Crippen molar-refractivity contribution >= 4 is 22.5 Å². The molecular weight excluding hydrogens is 302 g/mol. The van der Waals surface area contributed by atoms with Gasteiger partial charge in [0.2, 0.25) is 0 Å². The maximum atomic E-state index is 6.56. The summed E-state index contributed by atoms with van der Waals surface area (Å²) in [7, 11) is 0. The second kappa shape index (κ2) is 7.23. The molecule has 2 aromatic carbocycles. The predicted molar refractivity (Wildman–Crippen MR) is 101 cm³/mol. The first-order valence-corrected chi connectivity index (χ1v) is 8.94. The van der Waals surface area contributed by atoms with E-state index < -0.39 is 0 Å². The molecule has 0 radical (unpaired) electrons. The fourth-order valence-electron chi connectivity index (χ4n) is 3.21. The van der Waals surface area contributed by atoms with Gasteiger partial charge in [-0.05, 0) is 49.6 Å². The van der Waals surface area contributed by atoms with Crippen LogP contribution in [0.15, 0.2) is 48.5 Å². The van der Waals surface area contributed by atoms with E-state index in [1.165, 1.54) is 47.8 Å². The van der Waals surface area contributed by atoms with Crippen molar-refractivity contribution in [2.24, 2.45) is 0 Å². The minimum atomic E-state index is 0.821. The zero-order chi connectivity index (χ0) is 16.2. The topological polar surface area (TPSA) is 4.93 Å². The van der Waals surface area contributed by atoms with Crippen LogP contribution in [0.4, 0.5) is 0 Å². The van der Waals surface area contributed by atoms with Crippen LogP contribution in [-0.2, 0) is 6.42 Å². The smallest absolute Gasteiger partial charge is 0.0649 e. The second-order valence-electron chi connectivity index (χ2n) is 6.30. The van der Waals surface area contributed by atoms with Gasteiger partial charge in [0, 0.05) is 11.1 Å². The number of aryl methyl sites for hydroxylation is 2. The molecule has 1 nitrogen and oxygen atoms in total. The number of hydrogen-bond donors (Lipinski definition) is 0. The number of rotatable bonds is 6. The van der Waals surface area contributed by atoms with Gasteiger partial charge in [-0.3, -0.25) is 0 Å². The van der Waals surface area contributed by atoms with Gasteiger partial charge in [0.05, 0.1) is 16.2 Å². The molecule has 0 aliphatic rings. The molecule has 0 bridgehead atoms. The first-order chi connectivity index (χ1) is 11.2. The van der Waals surface area contributed by atoms with Crippen molar-refractivity contribution in [3.8, 4) is 5.69 Å². The number of aromatic nitrogens is 1. The van der Waals surface area contributed by atoms with Crippen molar-refractivity contribution in [3.05, 3.63) is 64.8 Å². The standard InChI is InChI=1S/C21H24ClN/c1-3-4-5-6-10-18-15-17-9-7-8-11-20(17)23(18)21-13-12-16(2)14-19(21)22/h7-9,11-15H,3-6,10H2,1-2H3. The average molecular weight is 326 g/mol. The number of nitrogens with zero attached hydrogens (tertiary/aromatic N) is 1. The van der Waals surface area contributed by atoms with E-state index in [2.05, 4.69) is 60.9 Å². The SMILES string of the molecule is CCCCCCc1cc2ccccc2n1-c1ccc(C)cc1Cl. The summed E-state index contributed by atoms with van der Waals surface area (Å²) in [5.74, 6) is 0. The third-order valence-corrected chi connectivity index (χ3v) is 4.72. The van der Waals surface area contributed by atoms with E-state index in [4.69, 9.17) is 11.6 Å². The molecule has 0 N–H and O–H groups in total. The molecule has 0 unspecified atom stereocenters. The van der Waals surface area contributed by atoms with Gasteiger partial charge in [0.1, 0.15) is 0 Å². The van der Waals surface area contributed by atoms with Gasteiger partial charge < -0.3 is 4.57 Å². The lowest BCUT2D eigenvalue weighted by Gasteiger charge is -2.13. The molecule has 0 saturated heterocycles. The summed E-state index contributed by atoms with van der Waals surface area (Å²) in [6.07, 6.45) is 6.20. The van der Waals surface area contributed by atoms with Gasteiger partial charge in [-0.25, -0.2) is 0 Å². The van der Waals surface area contributed by atoms with Crippen molar-refractivity contribution in [2.75, 3.05) is 0 Å². The van der Waals surface area contributed by atoms with Gasteiger partial charge in [-0.2, -0.15) is 0 Å². The molecule has 0 fully saturated rings. The first-order valence-electron chi connectivity index (χ1n) is 8.56. The molecule has 120 valence electrons. The molecule has 23 heavy (non-hydrogen) atoms. The molecule has 0 amide bonds. The van der Waals surface area contributed by atoms with Crippen LogP contribution in [0.5, 0.6) is 0 Å². The Morgan fingerprint density at radius 1 is 0.957 bits per heavy atom. The van der Waals surface area contributed by atoms with Crippen molar-refractivity contribution in [2.45, 2.75) is 46.0 Å². The molecule has 1 heterocycles. The average Bonchev–Trinajstić information content (AvgIpc) is 2.90. The molecule has 1 aromatic heterocycles. The minimum Gasteiger partial charge on any atom is -0.312 e. The largest absolute Gasteiger partial charge is 0.312 e. The van der Waals surface area contributed by atoms with Gasteiger partial charge in [0.15, 0.2) is 0 Å². The minimum absolute atomic E-state index is 0.821. The van der Waals surface area contributed by atoms with Crippen molar-refractivity contribution < 1.29 is 0 Å². The summed E-state index contributed by atoms with van der Waals surface area (Å²) in [5, 5.41) is 2.11. The summed E-state index contributed by atoms with van der Waals surface area (Å²) in [4.78, 5) is 0. The summed E-state index contributed by atoms with van der Waals surface area (Å²) in [6, 6.07) is 17.2. The van der Waals surface area contributed by atoms with Crippen LogP contribution in [-0.4, -0.2) is 4.57 Å². The molecule has 0 aliphatic carbocycles. The number of para-hydroxylation sites is 1. The summed E-state index contributed by atoms with van der Waals surface area (Å²) in [5.41, 5.74) is 4.88. The number of fused-ring (bicyclic) bond motifs is 1. The molecule has 3 aromatic rings. The zero-order valence-electron chi connectivity index (χ0n) is 14.0. The lowest BCUT2D eigenvalue weighted by Crippen LogP contribution is -2.01. The van der Waals surface area contributed by atoms with Crippen LogP contribution in [0.2, 0.25) is 5.02 Å². The normalized spacial score (nSPS) is 11.3. The lowest BCUT2D eigenvalue weighted by atomic mass is 10.1. The van der Waals surface area contributed by atoms with E-state index in [1.807, 2.05) is 6.07 Å². The van der Waals surface area contributed by atoms with E-state index >= 15 is 0 Å². The van der Waals surface area contributed by atoms with Crippen LogP contribution in [0.1, 0.15) is 43.9 Å². The van der Waals surface area contributed by atoms with Crippen molar-refractivity contribution in [3.63, 3.8) is 0 Å². The molecule has 2 heteroatoms. The van der Waals surface area contributed by atoms with Gasteiger partial charge in [0.25, 0.3) is 0 Å². The van der Waals surface area contributed by atoms with E-state index in [0.29, 0.717) is 0 Å². The van der Waals surface area contributed by atoms with Crippen molar-refractivity contribution in [1.82, 2.24) is 4.57 Å². The zero-order valence-corrected chi connectivity index (χ0v) is 14.7. The quantitative estimate of drug-likeness (QED) is 0.443. The Kier molecular flexibility index (Phi) is 5.07. The van der Waals surface area contributed by atoms with Crippen LogP contribution in [0.3, 0.4) is 0 Å². The molecule has 0 spiro atoms.